The number of hydrogen-bond acceptors (Lipinski definition) is 5. The van der Waals surface area contributed by atoms with Crippen LogP contribution in [0.2, 0.25) is 0 Å². The van der Waals surface area contributed by atoms with Gasteiger partial charge in [-0.05, 0) is 11.1 Å². The predicted octanol–water partition coefficient (Wildman–Crippen LogP) is 0.959. The van der Waals surface area contributed by atoms with Crippen molar-refractivity contribution in [3.63, 3.8) is 0 Å². The van der Waals surface area contributed by atoms with E-state index in [1.54, 1.807) is 0 Å². The molecular formula is C7H12N6O3. The van der Waals surface area contributed by atoms with Crippen LogP contribution in [0.1, 0.15) is 0 Å². The summed E-state index contributed by atoms with van der Waals surface area (Å²) in [5, 5.41) is 15.5. The number of azide groups is 2. The monoisotopic (exact) mass is 228 g/mol. The lowest BCUT2D eigenvalue weighted by Crippen LogP contribution is -2.57. The fraction of sp³-hybridized carbons (Fsp3) is 1.00. The summed E-state index contributed by atoms with van der Waals surface area (Å²) in [5.74, 6) is 0. The first-order chi connectivity index (χ1) is 7.79. The number of aliphatic hydroxyl groups is 1. The summed E-state index contributed by atoms with van der Waals surface area (Å²) in [6, 6.07) is 0. The molecule has 0 aromatic heterocycles. The summed E-state index contributed by atoms with van der Waals surface area (Å²) in [7, 11) is 0. The van der Waals surface area contributed by atoms with Crippen LogP contribution in [0.4, 0.5) is 0 Å². The normalized spacial score (nSPS) is 27.4. The maximum absolute atomic E-state index is 8.61. The number of rotatable bonds is 7. The van der Waals surface area contributed by atoms with Gasteiger partial charge >= 0.3 is 0 Å². The maximum Gasteiger partial charge on any atom is 0.165 e. The molecule has 1 aliphatic rings. The fourth-order valence-corrected chi connectivity index (χ4v) is 1.41. The summed E-state index contributed by atoms with van der Waals surface area (Å²) in [6.45, 7) is 0.580. The molecule has 1 unspecified atom stereocenters. The highest BCUT2D eigenvalue weighted by Gasteiger charge is 2.48. The minimum Gasteiger partial charge on any atom is -0.394 e. The predicted molar refractivity (Wildman–Crippen MR) is 53.2 cm³/mol. The molecule has 88 valence electrons. The molecule has 1 aliphatic heterocycles. The molecule has 0 saturated carbocycles. The molecule has 9 nitrogen and oxygen atoms in total. The largest absolute Gasteiger partial charge is 0.394 e. The van der Waals surface area contributed by atoms with Crippen molar-refractivity contribution >= 4 is 0 Å². The standard InChI is InChI=1S/C7H12N6O3/c8-12-10-3-7(4-11-13-9)5-16-6(7)15-2-1-14/h6,14H,1-5H2. The quantitative estimate of drug-likeness (QED) is 0.394. The molecule has 1 heterocycles. The van der Waals surface area contributed by atoms with Crippen LogP contribution in [0.5, 0.6) is 0 Å². The minimum absolute atomic E-state index is 0.124. The smallest absolute Gasteiger partial charge is 0.165 e. The first-order valence-corrected chi connectivity index (χ1v) is 4.65. The molecular weight excluding hydrogens is 216 g/mol. The van der Waals surface area contributed by atoms with E-state index in [9.17, 15) is 0 Å². The van der Waals surface area contributed by atoms with Gasteiger partial charge in [-0.3, -0.25) is 0 Å². The molecule has 1 fully saturated rings. The minimum atomic E-state index is -0.604. The lowest BCUT2D eigenvalue weighted by Gasteiger charge is -2.46. The van der Waals surface area contributed by atoms with Gasteiger partial charge < -0.3 is 14.6 Å². The van der Waals surface area contributed by atoms with E-state index >= 15 is 0 Å². The molecule has 16 heavy (non-hydrogen) atoms. The maximum atomic E-state index is 8.61. The van der Waals surface area contributed by atoms with Crippen LogP contribution in [-0.4, -0.2) is 44.3 Å². The summed E-state index contributed by atoms with van der Waals surface area (Å²) >= 11 is 0. The van der Waals surface area contributed by atoms with Gasteiger partial charge in [-0.15, -0.1) is 0 Å². The third kappa shape index (κ3) is 2.75. The van der Waals surface area contributed by atoms with E-state index in [0.29, 0.717) is 6.61 Å². The topological polar surface area (TPSA) is 136 Å². The average Bonchev–Trinajstić information content (AvgIpc) is 2.28. The number of aliphatic hydroxyl groups excluding tert-OH is 1. The van der Waals surface area contributed by atoms with Gasteiger partial charge in [-0.2, -0.15) is 0 Å². The van der Waals surface area contributed by atoms with Crippen molar-refractivity contribution in [3.05, 3.63) is 20.9 Å². The van der Waals surface area contributed by atoms with Crippen LogP contribution < -0.4 is 0 Å². The summed E-state index contributed by atoms with van der Waals surface area (Å²) in [5.41, 5.74) is 15.9. The molecule has 9 heteroatoms. The molecule has 1 N–H and O–H groups in total. The lowest BCUT2D eigenvalue weighted by atomic mass is 9.84. The zero-order valence-corrected chi connectivity index (χ0v) is 8.56. The Balaban J connectivity index is 2.62. The zero-order chi connectivity index (χ0) is 11.9. The summed E-state index contributed by atoms with van der Waals surface area (Å²) < 4.78 is 10.3. The van der Waals surface area contributed by atoms with E-state index in [2.05, 4.69) is 20.1 Å². The Hall–Kier alpha value is -1.50. The average molecular weight is 228 g/mol. The van der Waals surface area contributed by atoms with Crippen molar-refractivity contribution in [2.45, 2.75) is 6.29 Å². The molecule has 0 aromatic rings. The van der Waals surface area contributed by atoms with E-state index in [-0.39, 0.29) is 26.3 Å². The van der Waals surface area contributed by atoms with E-state index in [1.165, 1.54) is 0 Å². The number of hydrogen-bond donors (Lipinski definition) is 1. The van der Waals surface area contributed by atoms with Gasteiger partial charge in [0, 0.05) is 22.9 Å². The Morgan fingerprint density at radius 3 is 2.38 bits per heavy atom. The van der Waals surface area contributed by atoms with Crippen LogP contribution in [0.3, 0.4) is 0 Å². The third-order valence-electron chi connectivity index (χ3n) is 2.28. The van der Waals surface area contributed by atoms with Gasteiger partial charge in [0.1, 0.15) is 0 Å². The van der Waals surface area contributed by atoms with Gasteiger partial charge in [0.05, 0.1) is 25.2 Å². The van der Waals surface area contributed by atoms with Crippen LogP contribution >= 0.6 is 0 Å². The molecule has 0 spiro atoms. The van der Waals surface area contributed by atoms with Crippen molar-refractivity contribution in [2.75, 3.05) is 32.9 Å². The van der Waals surface area contributed by atoms with Crippen LogP contribution in [0.15, 0.2) is 10.2 Å². The van der Waals surface area contributed by atoms with Gasteiger partial charge in [-0.25, -0.2) is 0 Å². The van der Waals surface area contributed by atoms with Crippen molar-refractivity contribution < 1.29 is 14.6 Å². The second-order valence-corrected chi connectivity index (χ2v) is 3.38. The highest BCUT2D eigenvalue weighted by atomic mass is 16.7. The van der Waals surface area contributed by atoms with Gasteiger partial charge in [0.2, 0.25) is 0 Å². The molecule has 0 aromatic carbocycles. The first-order valence-electron chi connectivity index (χ1n) is 4.65. The van der Waals surface area contributed by atoms with E-state index in [4.69, 9.17) is 25.6 Å². The highest BCUT2D eigenvalue weighted by molar-refractivity contribution is 4.94. The first kappa shape index (κ1) is 12.6. The van der Waals surface area contributed by atoms with Crippen molar-refractivity contribution in [3.8, 4) is 0 Å². The molecule has 0 aliphatic carbocycles. The van der Waals surface area contributed by atoms with Crippen molar-refractivity contribution in [1.29, 1.82) is 0 Å². The second-order valence-electron chi connectivity index (χ2n) is 3.38. The molecule has 1 saturated heterocycles. The number of nitrogens with zero attached hydrogens (tertiary/aromatic N) is 6. The van der Waals surface area contributed by atoms with E-state index in [1.807, 2.05) is 0 Å². The molecule has 0 radical (unpaired) electrons. The van der Waals surface area contributed by atoms with Crippen LogP contribution in [0, 0.1) is 5.41 Å². The molecule has 1 atom stereocenters. The summed E-state index contributed by atoms with van der Waals surface area (Å²) in [6.07, 6.45) is -0.601. The fourth-order valence-electron chi connectivity index (χ4n) is 1.41. The van der Waals surface area contributed by atoms with Crippen molar-refractivity contribution in [1.82, 2.24) is 0 Å². The Kier molecular flexibility index (Phi) is 4.84. The van der Waals surface area contributed by atoms with E-state index < -0.39 is 11.7 Å². The Bertz CT molecular complexity index is 302. The van der Waals surface area contributed by atoms with Crippen LogP contribution in [-0.2, 0) is 9.47 Å². The van der Waals surface area contributed by atoms with Crippen molar-refractivity contribution in [2.24, 2.45) is 15.6 Å². The van der Waals surface area contributed by atoms with E-state index in [0.717, 1.165) is 0 Å². The molecule has 0 bridgehead atoms. The molecule has 0 amide bonds. The zero-order valence-electron chi connectivity index (χ0n) is 8.56. The van der Waals surface area contributed by atoms with Gasteiger partial charge in [-0.1, -0.05) is 10.2 Å². The third-order valence-corrected chi connectivity index (χ3v) is 2.28. The highest BCUT2D eigenvalue weighted by Crippen LogP contribution is 2.36. The molecule has 1 rings (SSSR count). The SMILES string of the molecule is [N-]=[N+]=NCC1(CN=[N+]=[N-])COC1OCCO. The Morgan fingerprint density at radius 2 is 2.00 bits per heavy atom. The second kappa shape index (κ2) is 6.16. The van der Waals surface area contributed by atoms with Gasteiger partial charge in [0.15, 0.2) is 6.29 Å². The van der Waals surface area contributed by atoms with Crippen LogP contribution in [0.25, 0.3) is 20.9 Å². The van der Waals surface area contributed by atoms with Gasteiger partial charge in [0.25, 0.3) is 0 Å². The Labute approximate surface area is 91.2 Å². The number of ether oxygens (including phenoxy) is 2. The lowest BCUT2D eigenvalue weighted by molar-refractivity contribution is -0.303. The Morgan fingerprint density at radius 1 is 1.38 bits per heavy atom. The summed E-state index contributed by atoms with van der Waals surface area (Å²) in [4.78, 5) is 5.31.